The van der Waals surface area contributed by atoms with Crippen molar-refractivity contribution in [2.24, 2.45) is 0 Å². The van der Waals surface area contributed by atoms with E-state index in [1.165, 1.54) is 0 Å². The standard InChI is InChI=1S/C11H11Cl2NOS/c1-7-6-16-11(10(7)13)8-5-14-9(15-8)3-2-4-12/h5-6H,2-4H2,1H3. The lowest BCUT2D eigenvalue weighted by molar-refractivity contribution is 0.504. The summed E-state index contributed by atoms with van der Waals surface area (Å²) in [6, 6.07) is 0. The Hall–Kier alpha value is -0.510. The Kier molecular flexibility index (Phi) is 3.90. The molecule has 0 aliphatic carbocycles. The molecule has 2 nitrogen and oxygen atoms in total. The van der Waals surface area contributed by atoms with Gasteiger partial charge in [-0.15, -0.1) is 22.9 Å². The molecule has 2 aromatic rings. The van der Waals surface area contributed by atoms with Crippen molar-refractivity contribution in [1.29, 1.82) is 0 Å². The van der Waals surface area contributed by atoms with E-state index in [4.69, 9.17) is 27.6 Å². The molecule has 0 saturated carbocycles. The van der Waals surface area contributed by atoms with Gasteiger partial charge in [0.05, 0.1) is 16.1 Å². The van der Waals surface area contributed by atoms with E-state index in [0.717, 1.165) is 40.0 Å². The van der Waals surface area contributed by atoms with E-state index in [2.05, 4.69) is 4.98 Å². The van der Waals surface area contributed by atoms with Crippen LogP contribution in [0, 0.1) is 6.92 Å². The molecule has 86 valence electrons. The van der Waals surface area contributed by atoms with Crippen molar-refractivity contribution in [1.82, 2.24) is 4.98 Å². The van der Waals surface area contributed by atoms with Crippen molar-refractivity contribution in [3.05, 3.63) is 28.1 Å². The summed E-state index contributed by atoms with van der Waals surface area (Å²) < 4.78 is 5.62. The smallest absolute Gasteiger partial charge is 0.194 e. The highest BCUT2D eigenvalue weighted by molar-refractivity contribution is 7.14. The highest BCUT2D eigenvalue weighted by Crippen LogP contribution is 2.36. The predicted octanol–water partition coefficient (Wildman–Crippen LogP) is 4.54. The number of oxazole rings is 1. The second-order valence-electron chi connectivity index (χ2n) is 3.47. The number of hydrogen-bond donors (Lipinski definition) is 0. The normalized spacial score (nSPS) is 10.9. The average molecular weight is 276 g/mol. The highest BCUT2D eigenvalue weighted by atomic mass is 35.5. The van der Waals surface area contributed by atoms with Crippen LogP contribution in [0.1, 0.15) is 17.9 Å². The number of nitrogens with zero attached hydrogens (tertiary/aromatic N) is 1. The Labute approximate surface area is 108 Å². The average Bonchev–Trinajstić information content (AvgIpc) is 2.85. The zero-order chi connectivity index (χ0) is 11.5. The minimum absolute atomic E-state index is 0.622. The van der Waals surface area contributed by atoms with E-state index < -0.39 is 0 Å². The lowest BCUT2D eigenvalue weighted by Crippen LogP contribution is -1.84. The van der Waals surface area contributed by atoms with Crippen LogP contribution in [-0.4, -0.2) is 10.9 Å². The van der Waals surface area contributed by atoms with Gasteiger partial charge in [-0.05, 0) is 24.3 Å². The molecule has 2 heterocycles. The zero-order valence-corrected chi connectivity index (χ0v) is 11.1. The van der Waals surface area contributed by atoms with Crippen LogP contribution in [-0.2, 0) is 6.42 Å². The number of rotatable bonds is 4. The summed E-state index contributed by atoms with van der Waals surface area (Å²) in [6.45, 7) is 1.98. The molecule has 0 bridgehead atoms. The Morgan fingerprint density at radius 3 is 2.94 bits per heavy atom. The van der Waals surface area contributed by atoms with Crippen LogP contribution in [0.5, 0.6) is 0 Å². The maximum atomic E-state index is 6.16. The number of aryl methyl sites for hydroxylation is 2. The summed E-state index contributed by atoms with van der Waals surface area (Å²) in [5.41, 5.74) is 1.07. The summed E-state index contributed by atoms with van der Waals surface area (Å²) in [7, 11) is 0. The fourth-order valence-electron chi connectivity index (χ4n) is 1.34. The molecule has 0 atom stereocenters. The summed E-state index contributed by atoms with van der Waals surface area (Å²) >= 11 is 13.3. The molecule has 0 aliphatic rings. The first-order valence-corrected chi connectivity index (χ1v) is 6.76. The third kappa shape index (κ3) is 2.42. The lowest BCUT2D eigenvalue weighted by atomic mass is 10.3. The van der Waals surface area contributed by atoms with Crippen LogP contribution in [0.15, 0.2) is 16.0 Å². The lowest BCUT2D eigenvalue weighted by Gasteiger charge is -1.93. The van der Waals surface area contributed by atoms with E-state index in [9.17, 15) is 0 Å². The third-order valence-electron chi connectivity index (χ3n) is 2.20. The number of aromatic nitrogens is 1. The molecule has 0 amide bonds. The van der Waals surface area contributed by atoms with Gasteiger partial charge in [-0.1, -0.05) is 11.6 Å². The molecule has 0 aliphatic heterocycles. The van der Waals surface area contributed by atoms with Gasteiger partial charge in [0.2, 0.25) is 0 Å². The Balaban J connectivity index is 2.21. The van der Waals surface area contributed by atoms with Crippen LogP contribution in [0.3, 0.4) is 0 Å². The Morgan fingerprint density at radius 2 is 2.31 bits per heavy atom. The number of halogens is 2. The minimum Gasteiger partial charge on any atom is -0.440 e. The molecule has 0 fully saturated rings. The van der Waals surface area contributed by atoms with Crippen molar-refractivity contribution in [3.63, 3.8) is 0 Å². The van der Waals surface area contributed by atoms with Gasteiger partial charge in [0, 0.05) is 12.3 Å². The van der Waals surface area contributed by atoms with Gasteiger partial charge in [-0.3, -0.25) is 0 Å². The molecule has 2 rings (SSSR count). The second-order valence-corrected chi connectivity index (χ2v) is 5.11. The van der Waals surface area contributed by atoms with Gasteiger partial charge in [0.25, 0.3) is 0 Å². The fourth-order valence-corrected chi connectivity index (χ4v) is 2.71. The third-order valence-corrected chi connectivity index (χ3v) is 4.18. The van der Waals surface area contributed by atoms with Crippen molar-refractivity contribution < 1.29 is 4.42 Å². The van der Waals surface area contributed by atoms with Crippen molar-refractivity contribution in [2.45, 2.75) is 19.8 Å². The summed E-state index contributed by atoms with van der Waals surface area (Å²) in [4.78, 5) is 5.15. The topological polar surface area (TPSA) is 26.0 Å². The quantitative estimate of drug-likeness (QED) is 0.766. The van der Waals surface area contributed by atoms with E-state index in [1.807, 2.05) is 12.3 Å². The minimum atomic E-state index is 0.622. The van der Waals surface area contributed by atoms with Gasteiger partial charge >= 0.3 is 0 Å². The fraction of sp³-hybridized carbons (Fsp3) is 0.364. The first-order chi connectivity index (χ1) is 7.72. The Morgan fingerprint density at radius 1 is 1.50 bits per heavy atom. The molecule has 0 N–H and O–H groups in total. The summed E-state index contributed by atoms with van der Waals surface area (Å²) in [5.74, 6) is 2.08. The van der Waals surface area contributed by atoms with Crippen molar-refractivity contribution in [2.75, 3.05) is 5.88 Å². The van der Waals surface area contributed by atoms with Crippen LogP contribution in [0.25, 0.3) is 10.6 Å². The molecule has 0 spiro atoms. The van der Waals surface area contributed by atoms with Crippen molar-refractivity contribution >= 4 is 34.5 Å². The number of hydrogen-bond acceptors (Lipinski definition) is 3. The number of thiophene rings is 1. The molecule has 5 heteroatoms. The monoisotopic (exact) mass is 275 g/mol. The molecule has 0 saturated heterocycles. The molecular formula is C11H11Cl2NOS. The molecule has 0 unspecified atom stereocenters. The van der Waals surface area contributed by atoms with Crippen LogP contribution in [0.2, 0.25) is 5.02 Å². The van der Waals surface area contributed by atoms with Crippen LogP contribution >= 0.6 is 34.5 Å². The van der Waals surface area contributed by atoms with Crippen LogP contribution in [0.4, 0.5) is 0 Å². The SMILES string of the molecule is Cc1csc(-c2cnc(CCCCl)o2)c1Cl. The van der Waals surface area contributed by atoms with Gasteiger partial charge in [0.15, 0.2) is 11.7 Å². The second kappa shape index (κ2) is 5.21. The van der Waals surface area contributed by atoms with Gasteiger partial charge < -0.3 is 4.42 Å². The van der Waals surface area contributed by atoms with Gasteiger partial charge in [-0.2, -0.15) is 0 Å². The van der Waals surface area contributed by atoms with Crippen molar-refractivity contribution in [3.8, 4) is 10.6 Å². The predicted molar refractivity (Wildman–Crippen MR) is 68.6 cm³/mol. The summed E-state index contributed by atoms with van der Waals surface area (Å²) in [6.07, 6.45) is 3.37. The Bertz CT molecular complexity index is 478. The van der Waals surface area contributed by atoms with E-state index in [0.29, 0.717) is 5.88 Å². The maximum absolute atomic E-state index is 6.16. The molecule has 0 aromatic carbocycles. The molecule has 16 heavy (non-hydrogen) atoms. The highest BCUT2D eigenvalue weighted by Gasteiger charge is 2.13. The van der Waals surface area contributed by atoms with E-state index in [1.54, 1.807) is 17.5 Å². The van der Waals surface area contributed by atoms with Gasteiger partial charge in [-0.25, -0.2) is 4.98 Å². The molecule has 2 aromatic heterocycles. The number of alkyl halides is 1. The van der Waals surface area contributed by atoms with E-state index in [-0.39, 0.29) is 0 Å². The van der Waals surface area contributed by atoms with Crippen LogP contribution < -0.4 is 0 Å². The first-order valence-electron chi connectivity index (χ1n) is 4.97. The largest absolute Gasteiger partial charge is 0.440 e. The zero-order valence-electron chi connectivity index (χ0n) is 8.80. The molecular weight excluding hydrogens is 265 g/mol. The van der Waals surface area contributed by atoms with E-state index >= 15 is 0 Å². The maximum Gasteiger partial charge on any atom is 0.194 e. The molecule has 0 radical (unpaired) electrons. The first kappa shape index (κ1) is 12.0. The van der Waals surface area contributed by atoms with Gasteiger partial charge in [0.1, 0.15) is 0 Å². The summed E-state index contributed by atoms with van der Waals surface area (Å²) in [5, 5.41) is 2.77.